The molecule has 0 aliphatic heterocycles. The zero-order valence-electron chi connectivity index (χ0n) is 10.8. The first-order chi connectivity index (χ1) is 9.16. The zero-order valence-corrected chi connectivity index (χ0v) is 10.8. The van der Waals surface area contributed by atoms with Crippen molar-refractivity contribution in [3.05, 3.63) is 71.5 Å². The van der Waals surface area contributed by atoms with E-state index in [2.05, 4.69) is 0 Å². The molecule has 0 saturated heterocycles. The van der Waals surface area contributed by atoms with Gasteiger partial charge >= 0.3 is 0 Å². The average Bonchev–Trinajstić information content (AvgIpc) is 2.46. The number of hydrogen-bond donors (Lipinski definition) is 1. The monoisotopic (exact) mass is 260 g/mol. The van der Waals surface area contributed by atoms with Gasteiger partial charge in [0, 0.05) is 0 Å². The lowest BCUT2D eigenvalue weighted by Crippen LogP contribution is -2.18. The Morgan fingerprint density at radius 2 is 1.68 bits per heavy atom. The first-order valence-corrected chi connectivity index (χ1v) is 6.26. The van der Waals surface area contributed by atoms with Gasteiger partial charge in [-0.05, 0) is 30.2 Å². The maximum Gasteiger partial charge on any atom is 0.123 e. The molecule has 0 bridgehead atoms. The van der Waals surface area contributed by atoms with Crippen molar-refractivity contribution < 1.29 is 14.2 Å². The fourth-order valence-electron chi connectivity index (χ4n) is 1.82. The SMILES string of the molecule is C[C@H](OCc1ccccc1)C(O)c1ccc(F)cc1. The molecule has 2 atom stereocenters. The van der Waals surface area contributed by atoms with Crippen LogP contribution in [0, 0.1) is 5.82 Å². The van der Waals surface area contributed by atoms with Gasteiger partial charge in [-0.15, -0.1) is 0 Å². The van der Waals surface area contributed by atoms with Gasteiger partial charge in [-0.1, -0.05) is 42.5 Å². The van der Waals surface area contributed by atoms with Crippen molar-refractivity contribution in [1.82, 2.24) is 0 Å². The van der Waals surface area contributed by atoms with Gasteiger partial charge in [-0.3, -0.25) is 0 Å². The van der Waals surface area contributed by atoms with Crippen LogP contribution in [0.2, 0.25) is 0 Å². The van der Waals surface area contributed by atoms with Gasteiger partial charge in [0.05, 0.1) is 12.7 Å². The summed E-state index contributed by atoms with van der Waals surface area (Å²) in [6, 6.07) is 15.6. The van der Waals surface area contributed by atoms with Gasteiger partial charge in [0.25, 0.3) is 0 Å². The van der Waals surface area contributed by atoms with E-state index in [1.165, 1.54) is 12.1 Å². The minimum atomic E-state index is -0.760. The van der Waals surface area contributed by atoms with E-state index in [9.17, 15) is 9.50 Å². The predicted octanol–water partition coefficient (Wildman–Crippen LogP) is 3.46. The van der Waals surface area contributed by atoms with Crippen LogP contribution in [0.3, 0.4) is 0 Å². The highest BCUT2D eigenvalue weighted by atomic mass is 19.1. The van der Waals surface area contributed by atoms with E-state index in [4.69, 9.17) is 4.74 Å². The topological polar surface area (TPSA) is 29.5 Å². The van der Waals surface area contributed by atoms with E-state index in [1.807, 2.05) is 30.3 Å². The third kappa shape index (κ3) is 3.88. The third-order valence-electron chi connectivity index (χ3n) is 3.01. The summed E-state index contributed by atoms with van der Waals surface area (Å²) in [5, 5.41) is 10.1. The van der Waals surface area contributed by atoms with Gasteiger partial charge in [-0.25, -0.2) is 4.39 Å². The largest absolute Gasteiger partial charge is 0.386 e. The predicted molar refractivity (Wildman–Crippen MR) is 72.1 cm³/mol. The molecule has 0 spiro atoms. The highest BCUT2D eigenvalue weighted by Gasteiger charge is 2.16. The number of halogens is 1. The molecule has 19 heavy (non-hydrogen) atoms. The molecule has 2 aromatic rings. The lowest BCUT2D eigenvalue weighted by Gasteiger charge is -2.20. The number of hydrogen-bond acceptors (Lipinski definition) is 2. The van der Waals surface area contributed by atoms with E-state index >= 15 is 0 Å². The molecule has 0 saturated carbocycles. The summed E-state index contributed by atoms with van der Waals surface area (Å²) in [6.45, 7) is 2.25. The highest BCUT2D eigenvalue weighted by Crippen LogP contribution is 2.20. The van der Waals surface area contributed by atoms with Crippen LogP contribution in [0.15, 0.2) is 54.6 Å². The van der Waals surface area contributed by atoms with Crippen LogP contribution in [0.1, 0.15) is 24.2 Å². The van der Waals surface area contributed by atoms with E-state index in [1.54, 1.807) is 19.1 Å². The molecule has 0 heterocycles. The second kappa shape index (κ2) is 6.45. The van der Waals surface area contributed by atoms with Crippen molar-refractivity contribution in [3.8, 4) is 0 Å². The Morgan fingerprint density at radius 1 is 1.05 bits per heavy atom. The molecule has 0 aliphatic carbocycles. The van der Waals surface area contributed by atoms with E-state index < -0.39 is 6.10 Å². The second-order valence-corrected chi connectivity index (χ2v) is 4.50. The van der Waals surface area contributed by atoms with Gasteiger partial charge in [0.15, 0.2) is 0 Å². The Morgan fingerprint density at radius 3 is 2.32 bits per heavy atom. The molecule has 0 aromatic heterocycles. The first kappa shape index (κ1) is 13.7. The second-order valence-electron chi connectivity index (χ2n) is 4.50. The molecule has 0 amide bonds. The van der Waals surface area contributed by atoms with Crippen molar-refractivity contribution in [1.29, 1.82) is 0 Å². The number of aliphatic hydroxyl groups excluding tert-OH is 1. The van der Waals surface area contributed by atoms with Crippen LogP contribution in [0.5, 0.6) is 0 Å². The summed E-state index contributed by atoms with van der Waals surface area (Å²) < 4.78 is 18.4. The van der Waals surface area contributed by atoms with Crippen LogP contribution in [0.4, 0.5) is 4.39 Å². The Balaban J connectivity index is 1.92. The Kier molecular flexibility index (Phi) is 4.66. The molecule has 1 N–H and O–H groups in total. The van der Waals surface area contributed by atoms with E-state index in [0.29, 0.717) is 12.2 Å². The van der Waals surface area contributed by atoms with Crippen molar-refractivity contribution in [3.63, 3.8) is 0 Å². The Labute approximate surface area is 112 Å². The number of aliphatic hydroxyl groups is 1. The summed E-state index contributed by atoms with van der Waals surface area (Å²) in [6.07, 6.45) is -1.12. The van der Waals surface area contributed by atoms with Crippen molar-refractivity contribution in [2.75, 3.05) is 0 Å². The van der Waals surface area contributed by atoms with Crippen molar-refractivity contribution in [2.24, 2.45) is 0 Å². The van der Waals surface area contributed by atoms with Gasteiger partial charge in [0.1, 0.15) is 11.9 Å². The maximum absolute atomic E-state index is 12.8. The molecule has 0 radical (unpaired) electrons. The minimum Gasteiger partial charge on any atom is -0.386 e. The van der Waals surface area contributed by atoms with E-state index in [0.717, 1.165) is 5.56 Å². The van der Waals surface area contributed by atoms with Crippen LogP contribution >= 0.6 is 0 Å². The van der Waals surface area contributed by atoms with E-state index in [-0.39, 0.29) is 11.9 Å². The molecule has 1 unspecified atom stereocenters. The first-order valence-electron chi connectivity index (χ1n) is 6.26. The minimum absolute atomic E-state index is 0.311. The zero-order chi connectivity index (χ0) is 13.7. The van der Waals surface area contributed by atoms with Gasteiger partial charge < -0.3 is 9.84 Å². The van der Waals surface area contributed by atoms with Gasteiger partial charge in [0.2, 0.25) is 0 Å². The van der Waals surface area contributed by atoms with Crippen molar-refractivity contribution in [2.45, 2.75) is 25.7 Å². The summed E-state index contributed by atoms with van der Waals surface area (Å²) in [7, 11) is 0. The fraction of sp³-hybridized carbons (Fsp3) is 0.250. The number of ether oxygens (including phenoxy) is 1. The Bertz CT molecular complexity index is 496. The lowest BCUT2D eigenvalue weighted by molar-refractivity contribution is -0.0364. The quantitative estimate of drug-likeness (QED) is 0.892. The fourth-order valence-corrected chi connectivity index (χ4v) is 1.82. The summed E-state index contributed by atoms with van der Waals surface area (Å²) in [5.41, 5.74) is 1.71. The third-order valence-corrected chi connectivity index (χ3v) is 3.01. The van der Waals surface area contributed by atoms with Crippen LogP contribution in [0.25, 0.3) is 0 Å². The molecule has 2 aromatic carbocycles. The summed E-state index contributed by atoms with van der Waals surface area (Å²) in [4.78, 5) is 0. The molecular weight excluding hydrogens is 243 g/mol. The van der Waals surface area contributed by atoms with Crippen LogP contribution in [-0.4, -0.2) is 11.2 Å². The number of benzene rings is 2. The average molecular weight is 260 g/mol. The summed E-state index contributed by atoms with van der Waals surface area (Å²) in [5.74, 6) is -0.311. The molecule has 3 heteroatoms. The molecule has 2 nitrogen and oxygen atoms in total. The summed E-state index contributed by atoms with van der Waals surface area (Å²) >= 11 is 0. The normalized spacial score (nSPS) is 14.1. The highest BCUT2D eigenvalue weighted by molar-refractivity contribution is 5.19. The Hall–Kier alpha value is -1.71. The standard InChI is InChI=1S/C16H17FO2/c1-12(19-11-13-5-3-2-4-6-13)16(18)14-7-9-15(17)10-8-14/h2-10,12,16,18H,11H2,1H3/t12-,16?/m0/s1. The molecule has 0 fully saturated rings. The molecular formula is C16H17FO2. The molecule has 2 rings (SSSR count). The van der Waals surface area contributed by atoms with Crippen LogP contribution < -0.4 is 0 Å². The lowest BCUT2D eigenvalue weighted by atomic mass is 10.1. The van der Waals surface area contributed by atoms with Crippen molar-refractivity contribution >= 4 is 0 Å². The number of rotatable bonds is 5. The molecule has 0 aliphatic rings. The van der Waals surface area contributed by atoms with Crippen LogP contribution in [-0.2, 0) is 11.3 Å². The maximum atomic E-state index is 12.8. The smallest absolute Gasteiger partial charge is 0.123 e. The van der Waals surface area contributed by atoms with Gasteiger partial charge in [-0.2, -0.15) is 0 Å². The molecule has 100 valence electrons.